The van der Waals surface area contributed by atoms with Gasteiger partial charge in [-0.3, -0.25) is 0 Å². The van der Waals surface area contributed by atoms with Gasteiger partial charge in [-0.25, -0.2) is 4.98 Å². The monoisotopic (exact) mass is 227 g/mol. The highest BCUT2D eigenvalue weighted by atomic mass is 32.2. The van der Waals surface area contributed by atoms with Crippen molar-refractivity contribution in [3.63, 3.8) is 0 Å². The Morgan fingerprint density at radius 1 is 1.47 bits per heavy atom. The number of nitrogens with zero attached hydrogens (tertiary/aromatic N) is 2. The Balaban J connectivity index is 2.89. The second kappa shape index (κ2) is 5.80. The van der Waals surface area contributed by atoms with Gasteiger partial charge in [0.1, 0.15) is 5.82 Å². The number of thioether (sulfide) groups is 1. The van der Waals surface area contributed by atoms with E-state index >= 15 is 0 Å². The highest BCUT2D eigenvalue weighted by Crippen LogP contribution is 2.19. The fourth-order valence-corrected chi connectivity index (χ4v) is 1.44. The smallest absolute Gasteiger partial charge is 0.219 e. The minimum atomic E-state index is 0.129. The van der Waals surface area contributed by atoms with E-state index in [1.165, 1.54) is 11.8 Å². The number of hydrogen-bond donors (Lipinski definition) is 1. The maximum absolute atomic E-state index is 5.54. The summed E-state index contributed by atoms with van der Waals surface area (Å²) in [5, 5.41) is 3.88. The third-order valence-corrected chi connectivity index (χ3v) is 2.13. The van der Waals surface area contributed by atoms with Gasteiger partial charge in [0.15, 0.2) is 5.16 Å². The molecule has 0 fully saturated rings. The molecular weight excluding hydrogens is 210 g/mol. The molecule has 1 heterocycles. The van der Waals surface area contributed by atoms with Crippen LogP contribution < -0.4 is 10.1 Å². The number of aromatic nitrogens is 2. The first kappa shape index (κ1) is 12.1. The van der Waals surface area contributed by atoms with Crippen molar-refractivity contribution in [3.05, 3.63) is 6.07 Å². The number of nitrogens with one attached hydrogen (secondary N) is 1. The fraction of sp³-hybridized carbons (Fsp3) is 0.600. The summed E-state index contributed by atoms with van der Waals surface area (Å²) in [5.74, 6) is 1.44. The lowest BCUT2D eigenvalue weighted by atomic mass is 10.5. The minimum absolute atomic E-state index is 0.129. The topological polar surface area (TPSA) is 47.0 Å². The molecule has 0 aromatic carbocycles. The largest absolute Gasteiger partial charge is 0.475 e. The van der Waals surface area contributed by atoms with Crippen molar-refractivity contribution in [1.29, 1.82) is 0 Å². The molecule has 0 radical (unpaired) electrons. The predicted octanol–water partition coefficient (Wildman–Crippen LogP) is 2.42. The van der Waals surface area contributed by atoms with Crippen LogP contribution >= 0.6 is 11.8 Å². The SMILES string of the molecule is CCNc1cc(OC(C)C)nc(SC)n1. The zero-order valence-electron chi connectivity index (χ0n) is 9.57. The Bertz CT molecular complexity index is 318. The van der Waals surface area contributed by atoms with Crippen molar-refractivity contribution in [2.24, 2.45) is 0 Å². The van der Waals surface area contributed by atoms with Gasteiger partial charge in [-0.2, -0.15) is 4.98 Å². The van der Waals surface area contributed by atoms with Crippen LogP contribution in [0.2, 0.25) is 0 Å². The van der Waals surface area contributed by atoms with Crippen LogP contribution in [0, 0.1) is 0 Å². The van der Waals surface area contributed by atoms with Crippen LogP contribution in [0.4, 0.5) is 5.82 Å². The molecule has 0 saturated carbocycles. The lowest BCUT2D eigenvalue weighted by Gasteiger charge is -2.11. The Morgan fingerprint density at radius 2 is 2.20 bits per heavy atom. The lowest BCUT2D eigenvalue weighted by Crippen LogP contribution is -2.09. The summed E-state index contributed by atoms with van der Waals surface area (Å²) in [5.41, 5.74) is 0. The van der Waals surface area contributed by atoms with E-state index in [0.717, 1.165) is 17.5 Å². The molecule has 4 nitrogen and oxygen atoms in total. The van der Waals surface area contributed by atoms with E-state index < -0.39 is 0 Å². The van der Waals surface area contributed by atoms with E-state index in [2.05, 4.69) is 15.3 Å². The van der Waals surface area contributed by atoms with E-state index in [1.807, 2.05) is 33.1 Å². The van der Waals surface area contributed by atoms with Crippen LogP contribution in [0.15, 0.2) is 11.2 Å². The van der Waals surface area contributed by atoms with Gasteiger partial charge in [-0.15, -0.1) is 0 Å². The molecule has 0 atom stereocenters. The normalized spacial score (nSPS) is 10.5. The highest BCUT2D eigenvalue weighted by molar-refractivity contribution is 7.98. The molecule has 0 amide bonds. The van der Waals surface area contributed by atoms with Crippen LogP contribution in [-0.4, -0.2) is 28.9 Å². The molecule has 5 heteroatoms. The molecule has 84 valence electrons. The first-order chi connectivity index (χ1) is 7.15. The summed E-state index contributed by atoms with van der Waals surface area (Å²) < 4.78 is 5.54. The van der Waals surface area contributed by atoms with Gasteiger partial charge >= 0.3 is 0 Å². The van der Waals surface area contributed by atoms with Gasteiger partial charge in [-0.05, 0) is 27.0 Å². The summed E-state index contributed by atoms with van der Waals surface area (Å²) in [6.45, 7) is 6.83. The second-order valence-corrected chi connectivity index (χ2v) is 4.05. The minimum Gasteiger partial charge on any atom is -0.475 e. The lowest BCUT2D eigenvalue weighted by molar-refractivity contribution is 0.230. The van der Waals surface area contributed by atoms with Gasteiger partial charge in [0, 0.05) is 12.6 Å². The summed E-state index contributed by atoms with van der Waals surface area (Å²) in [6.07, 6.45) is 2.08. The average Bonchev–Trinajstić information content (AvgIpc) is 2.16. The first-order valence-corrected chi connectivity index (χ1v) is 6.21. The van der Waals surface area contributed by atoms with Crippen LogP contribution in [0.3, 0.4) is 0 Å². The Labute approximate surface area is 94.8 Å². The first-order valence-electron chi connectivity index (χ1n) is 4.99. The van der Waals surface area contributed by atoms with E-state index in [1.54, 1.807) is 0 Å². The highest BCUT2D eigenvalue weighted by Gasteiger charge is 2.05. The fourth-order valence-electron chi connectivity index (χ4n) is 1.07. The van der Waals surface area contributed by atoms with E-state index in [9.17, 15) is 0 Å². The Morgan fingerprint density at radius 3 is 2.73 bits per heavy atom. The van der Waals surface area contributed by atoms with E-state index in [-0.39, 0.29) is 6.10 Å². The zero-order chi connectivity index (χ0) is 11.3. The number of rotatable bonds is 5. The molecule has 1 aromatic rings. The molecule has 0 bridgehead atoms. The number of hydrogen-bond acceptors (Lipinski definition) is 5. The molecule has 1 N–H and O–H groups in total. The van der Waals surface area contributed by atoms with Crippen molar-refractivity contribution in [2.45, 2.75) is 32.0 Å². The van der Waals surface area contributed by atoms with Crippen LogP contribution in [-0.2, 0) is 0 Å². The van der Waals surface area contributed by atoms with Gasteiger partial charge < -0.3 is 10.1 Å². The molecule has 1 rings (SSSR count). The predicted molar refractivity (Wildman–Crippen MR) is 63.7 cm³/mol. The van der Waals surface area contributed by atoms with Crippen molar-refractivity contribution in [2.75, 3.05) is 18.1 Å². The van der Waals surface area contributed by atoms with Crippen LogP contribution in [0.1, 0.15) is 20.8 Å². The van der Waals surface area contributed by atoms with Gasteiger partial charge in [0.2, 0.25) is 5.88 Å². The van der Waals surface area contributed by atoms with Crippen LogP contribution in [0.5, 0.6) is 5.88 Å². The summed E-state index contributed by atoms with van der Waals surface area (Å²) >= 11 is 1.51. The Kier molecular flexibility index (Phi) is 4.68. The maximum atomic E-state index is 5.54. The molecular formula is C10H17N3OS. The molecule has 0 aliphatic rings. The molecule has 15 heavy (non-hydrogen) atoms. The molecule has 0 aliphatic carbocycles. The summed E-state index contributed by atoms with van der Waals surface area (Å²) in [4.78, 5) is 8.57. The third kappa shape index (κ3) is 3.95. The summed E-state index contributed by atoms with van der Waals surface area (Å²) in [6, 6.07) is 1.82. The molecule has 0 unspecified atom stereocenters. The molecule has 1 aromatic heterocycles. The van der Waals surface area contributed by atoms with Gasteiger partial charge in [0.05, 0.1) is 6.10 Å². The molecule has 0 spiro atoms. The zero-order valence-corrected chi connectivity index (χ0v) is 10.4. The molecule has 0 aliphatic heterocycles. The Hall–Kier alpha value is -0.970. The van der Waals surface area contributed by atoms with Crippen molar-refractivity contribution in [3.8, 4) is 5.88 Å². The maximum Gasteiger partial charge on any atom is 0.219 e. The van der Waals surface area contributed by atoms with Crippen molar-refractivity contribution < 1.29 is 4.74 Å². The second-order valence-electron chi connectivity index (χ2n) is 3.28. The number of ether oxygens (including phenoxy) is 1. The van der Waals surface area contributed by atoms with Gasteiger partial charge in [-0.1, -0.05) is 11.8 Å². The van der Waals surface area contributed by atoms with Gasteiger partial charge in [0.25, 0.3) is 0 Å². The van der Waals surface area contributed by atoms with Crippen molar-refractivity contribution in [1.82, 2.24) is 9.97 Å². The number of anilines is 1. The molecule has 0 saturated heterocycles. The third-order valence-electron chi connectivity index (χ3n) is 1.58. The van der Waals surface area contributed by atoms with E-state index in [4.69, 9.17) is 4.74 Å². The van der Waals surface area contributed by atoms with Crippen molar-refractivity contribution >= 4 is 17.6 Å². The quantitative estimate of drug-likeness (QED) is 0.618. The van der Waals surface area contributed by atoms with E-state index in [0.29, 0.717) is 5.88 Å². The standard InChI is InChI=1S/C10H17N3OS/c1-5-11-8-6-9(14-7(2)3)13-10(12-8)15-4/h6-7H,5H2,1-4H3,(H,11,12,13). The average molecular weight is 227 g/mol. The summed E-state index contributed by atoms with van der Waals surface area (Å²) in [7, 11) is 0. The van der Waals surface area contributed by atoms with Crippen LogP contribution in [0.25, 0.3) is 0 Å².